The lowest BCUT2D eigenvalue weighted by molar-refractivity contribution is -0.929. The molecule has 4 heteroatoms. The summed E-state index contributed by atoms with van der Waals surface area (Å²) in [6.07, 6.45) is 1.03. The van der Waals surface area contributed by atoms with Crippen LogP contribution in [0.5, 0.6) is 0 Å². The fraction of sp³-hybridized carbons (Fsp3) is 0.316. The zero-order chi connectivity index (χ0) is 16.4. The molecule has 0 spiro atoms. The first-order chi connectivity index (χ1) is 11.1. The third kappa shape index (κ3) is 3.41. The van der Waals surface area contributed by atoms with Gasteiger partial charge in [0.15, 0.2) is 6.04 Å². The minimum atomic E-state index is -0.0956. The number of rotatable bonds is 3. The van der Waals surface area contributed by atoms with Crippen molar-refractivity contribution in [3.8, 4) is 0 Å². The molecule has 2 aromatic rings. The summed E-state index contributed by atoms with van der Waals surface area (Å²) in [4.78, 5) is 13.9. The van der Waals surface area contributed by atoms with Gasteiger partial charge in [0.2, 0.25) is 0 Å². The molecule has 23 heavy (non-hydrogen) atoms. The van der Waals surface area contributed by atoms with Crippen molar-refractivity contribution in [2.45, 2.75) is 32.9 Å². The molecule has 0 aliphatic carbocycles. The molecule has 0 bridgehead atoms. The zero-order valence-corrected chi connectivity index (χ0v) is 14.3. The summed E-state index contributed by atoms with van der Waals surface area (Å²) < 4.78 is 0. The monoisotopic (exact) mass is 329 g/mol. The molecule has 2 atom stereocenters. The average Bonchev–Trinajstić information content (AvgIpc) is 2.57. The third-order valence-corrected chi connectivity index (χ3v) is 5.19. The second-order valence-electron chi connectivity index (χ2n) is 6.23. The maximum absolute atomic E-state index is 12.6. The number of benzene rings is 2. The lowest BCUT2D eigenvalue weighted by Crippen LogP contribution is -3.16. The molecule has 0 aromatic heterocycles. The first-order valence-corrected chi connectivity index (χ1v) is 8.41. The van der Waals surface area contributed by atoms with Crippen molar-refractivity contribution in [3.05, 3.63) is 64.2 Å². The van der Waals surface area contributed by atoms with Gasteiger partial charge in [-0.15, -0.1) is 0 Å². The third-order valence-electron chi connectivity index (χ3n) is 4.78. The smallest absolute Gasteiger partial charge is 0.282 e. The summed E-state index contributed by atoms with van der Waals surface area (Å²) in [6, 6.07) is 14.0. The van der Waals surface area contributed by atoms with E-state index in [1.54, 1.807) is 0 Å². The molecule has 1 heterocycles. The number of carbonyl (C=O) groups excluding carboxylic acids is 1. The molecule has 120 valence electrons. The van der Waals surface area contributed by atoms with E-state index < -0.39 is 0 Å². The predicted molar refractivity (Wildman–Crippen MR) is 94.0 cm³/mol. The largest absolute Gasteiger partial charge is 0.321 e. The topological polar surface area (TPSA) is 33.5 Å². The molecule has 0 saturated carbocycles. The van der Waals surface area contributed by atoms with Gasteiger partial charge in [-0.3, -0.25) is 4.79 Å². The number of halogens is 1. The molecule has 1 amide bonds. The maximum Gasteiger partial charge on any atom is 0.282 e. The second kappa shape index (κ2) is 6.73. The van der Waals surface area contributed by atoms with E-state index in [0.717, 1.165) is 30.8 Å². The van der Waals surface area contributed by atoms with Crippen LogP contribution in [0.2, 0.25) is 5.02 Å². The van der Waals surface area contributed by atoms with Gasteiger partial charge in [0.25, 0.3) is 5.91 Å². The van der Waals surface area contributed by atoms with Crippen LogP contribution in [0.15, 0.2) is 42.5 Å². The molecule has 3 rings (SSSR count). The molecule has 1 aliphatic rings. The molecule has 1 unspecified atom stereocenters. The summed E-state index contributed by atoms with van der Waals surface area (Å²) in [5.74, 6) is 0.0461. The van der Waals surface area contributed by atoms with Crippen LogP contribution in [-0.2, 0) is 17.8 Å². The van der Waals surface area contributed by atoms with Crippen molar-refractivity contribution in [3.63, 3.8) is 0 Å². The Morgan fingerprint density at radius 1 is 1.17 bits per heavy atom. The number of quaternary nitrogens is 1. The summed E-state index contributed by atoms with van der Waals surface area (Å²) >= 11 is 6.13. The first-order valence-electron chi connectivity index (χ1n) is 8.03. The van der Waals surface area contributed by atoms with Crippen LogP contribution in [0.4, 0.5) is 5.69 Å². The van der Waals surface area contributed by atoms with Crippen molar-refractivity contribution in [2.75, 3.05) is 11.9 Å². The van der Waals surface area contributed by atoms with Crippen molar-refractivity contribution in [2.24, 2.45) is 0 Å². The molecule has 3 nitrogen and oxygen atoms in total. The lowest BCUT2D eigenvalue weighted by atomic mass is 9.98. The van der Waals surface area contributed by atoms with Gasteiger partial charge < -0.3 is 10.2 Å². The van der Waals surface area contributed by atoms with E-state index in [2.05, 4.69) is 29.6 Å². The summed E-state index contributed by atoms with van der Waals surface area (Å²) in [5, 5.41) is 3.70. The highest BCUT2D eigenvalue weighted by Gasteiger charge is 2.29. The number of hydrogen-bond acceptors (Lipinski definition) is 1. The number of anilines is 1. The van der Waals surface area contributed by atoms with Gasteiger partial charge >= 0.3 is 0 Å². The van der Waals surface area contributed by atoms with Crippen LogP contribution >= 0.6 is 11.6 Å². The Bertz CT molecular complexity index is 729. The molecular weight excluding hydrogens is 308 g/mol. The number of carbonyl (C=O) groups is 1. The summed E-state index contributed by atoms with van der Waals surface area (Å²) in [5.41, 5.74) is 4.47. The summed E-state index contributed by atoms with van der Waals surface area (Å²) in [6.45, 7) is 5.81. The number of nitrogens with one attached hydrogen (secondary N) is 2. The van der Waals surface area contributed by atoms with Crippen molar-refractivity contribution >= 4 is 23.2 Å². The Morgan fingerprint density at radius 2 is 1.91 bits per heavy atom. The normalized spacial score (nSPS) is 18.1. The van der Waals surface area contributed by atoms with E-state index in [-0.39, 0.29) is 11.9 Å². The van der Waals surface area contributed by atoms with Gasteiger partial charge in [0.1, 0.15) is 6.54 Å². The molecule has 2 aromatic carbocycles. The fourth-order valence-electron chi connectivity index (χ4n) is 3.14. The Hall–Kier alpha value is -1.84. The Balaban J connectivity index is 1.70. The van der Waals surface area contributed by atoms with E-state index >= 15 is 0 Å². The van der Waals surface area contributed by atoms with Gasteiger partial charge in [0, 0.05) is 22.7 Å². The highest BCUT2D eigenvalue weighted by Crippen LogP contribution is 2.23. The van der Waals surface area contributed by atoms with Gasteiger partial charge in [-0.25, -0.2) is 0 Å². The SMILES string of the molecule is Cc1c(Cl)cccc1NC(=O)[C@H](C)[NH+]1CCc2ccccc2C1. The highest BCUT2D eigenvalue weighted by molar-refractivity contribution is 6.31. The van der Waals surface area contributed by atoms with E-state index in [0.29, 0.717) is 5.02 Å². The standard InChI is InChI=1S/C19H21ClN2O/c1-13-17(20)8-5-9-18(13)21-19(23)14(2)22-11-10-15-6-3-4-7-16(15)12-22/h3-9,14H,10-12H2,1-2H3,(H,21,23)/p+1/t14-/m0/s1. The number of hydrogen-bond donors (Lipinski definition) is 2. The minimum Gasteiger partial charge on any atom is -0.321 e. The van der Waals surface area contributed by atoms with Crippen LogP contribution in [0.25, 0.3) is 0 Å². The minimum absolute atomic E-state index is 0.0461. The quantitative estimate of drug-likeness (QED) is 0.891. The Labute approximate surface area is 142 Å². The van der Waals surface area contributed by atoms with E-state index in [1.807, 2.05) is 32.0 Å². The predicted octanol–water partition coefficient (Wildman–Crippen LogP) is 2.62. The van der Waals surface area contributed by atoms with Gasteiger partial charge in [-0.05, 0) is 37.1 Å². The molecule has 2 N–H and O–H groups in total. The molecule has 1 aliphatic heterocycles. The number of amides is 1. The first kappa shape index (κ1) is 16.0. The molecule has 0 saturated heterocycles. The van der Waals surface area contributed by atoms with Gasteiger partial charge in [-0.1, -0.05) is 41.9 Å². The Morgan fingerprint density at radius 3 is 2.70 bits per heavy atom. The molecule has 0 radical (unpaired) electrons. The number of fused-ring (bicyclic) bond motifs is 1. The zero-order valence-electron chi connectivity index (χ0n) is 13.5. The van der Waals surface area contributed by atoms with Crippen molar-refractivity contribution in [1.29, 1.82) is 0 Å². The van der Waals surface area contributed by atoms with Crippen molar-refractivity contribution in [1.82, 2.24) is 0 Å². The summed E-state index contributed by atoms with van der Waals surface area (Å²) in [7, 11) is 0. The molecule has 0 fully saturated rings. The van der Waals surface area contributed by atoms with Crippen LogP contribution in [0, 0.1) is 6.92 Å². The molecular formula is C19H22ClN2O+. The van der Waals surface area contributed by atoms with Crippen molar-refractivity contribution < 1.29 is 9.69 Å². The van der Waals surface area contributed by atoms with Crippen LogP contribution in [0.3, 0.4) is 0 Å². The fourth-order valence-corrected chi connectivity index (χ4v) is 3.32. The van der Waals surface area contributed by atoms with Crippen LogP contribution < -0.4 is 10.2 Å². The highest BCUT2D eigenvalue weighted by atomic mass is 35.5. The average molecular weight is 330 g/mol. The van der Waals surface area contributed by atoms with Gasteiger partial charge in [-0.2, -0.15) is 0 Å². The van der Waals surface area contributed by atoms with E-state index in [1.165, 1.54) is 16.0 Å². The van der Waals surface area contributed by atoms with Crippen LogP contribution in [-0.4, -0.2) is 18.5 Å². The Kier molecular flexibility index (Phi) is 4.69. The maximum atomic E-state index is 12.6. The van der Waals surface area contributed by atoms with E-state index in [9.17, 15) is 4.79 Å². The second-order valence-corrected chi connectivity index (χ2v) is 6.63. The van der Waals surface area contributed by atoms with E-state index in [4.69, 9.17) is 11.6 Å². The lowest BCUT2D eigenvalue weighted by Gasteiger charge is -2.30. The van der Waals surface area contributed by atoms with Crippen LogP contribution in [0.1, 0.15) is 23.6 Å². The van der Waals surface area contributed by atoms with Gasteiger partial charge in [0.05, 0.1) is 6.54 Å².